The van der Waals surface area contributed by atoms with Crippen LogP contribution in [0.5, 0.6) is 0 Å². The molecule has 150 valence electrons. The van der Waals surface area contributed by atoms with E-state index < -0.39 is 0 Å². The summed E-state index contributed by atoms with van der Waals surface area (Å²) >= 11 is 1.18. The van der Waals surface area contributed by atoms with Crippen molar-refractivity contribution in [3.63, 3.8) is 0 Å². The van der Waals surface area contributed by atoms with Crippen LogP contribution >= 0.6 is 12.0 Å². The molecule has 3 aromatic rings. The van der Waals surface area contributed by atoms with Crippen molar-refractivity contribution in [1.82, 2.24) is 9.88 Å². The molecule has 0 bridgehead atoms. The van der Waals surface area contributed by atoms with E-state index in [-0.39, 0.29) is 0 Å². The summed E-state index contributed by atoms with van der Waals surface area (Å²) in [5.74, 6) is 0.480. The molecule has 4 rings (SSSR count). The van der Waals surface area contributed by atoms with E-state index in [0.29, 0.717) is 5.92 Å². The predicted molar refractivity (Wildman–Crippen MR) is 117 cm³/mol. The van der Waals surface area contributed by atoms with Crippen molar-refractivity contribution >= 4 is 12.0 Å². The minimum absolute atomic E-state index is 0.480. The summed E-state index contributed by atoms with van der Waals surface area (Å²) in [4.78, 5) is 12.3. The third kappa shape index (κ3) is 5.25. The summed E-state index contributed by atoms with van der Waals surface area (Å²) in [6.45, 7) is 3.22. The summed E-state index contributed by atoms with van der Waals surface area (Å²) < 4.78 is 5.15. The highest BCUT2D eigenvalue weighted by Gasteiger charge is 2.23. The molecular weight excluding hydrogens is 380 g/mol. The summed E-state index contributed by atoms with van der Waals surface area (Å²) in [5, 5.41) is 0.849. The Balaban J connectivity index is 1.46. The Morgan fingerprint density at radius 2 is 1.62 bits per heavy atom. The van der Waals surface area contributed by atoms with E-state index >= 15 is 0 Å². The molecule has 1 aromatic heterocycles. The van der Waals surface area contributed by atoms with Crippen LogP contribution in [0.2, 0.25) is 0 Å². The molecule has 1 saturated heterocycles. The van der Waals surface area contributed by atoms with Crippen LogP contribution in [0.25, 0.3) is 11.1 Å². The van der Waals surface area contributed by atoms with Gasteiger partial charge >= 0.3 is 0 Å². The molecule has 0 unspecified atom stereocenters. The Morgan fingerprint density at radius 1 is 0.931 bits per heavy atom. The average molecular weight is 407 g/mol. The van der Waals surface area contributed by atoms with Gasteiger partial charge in [-0.2, -0.15) is 4.33 Å². The van der Waals surface area contributed by atoms with E-state index in [4.69, 9.17) is 14.2 Å². The molecule has 1 fully saturated rings. The quantitative estimate of drug-likeness (QED) is 0.285. The van der Waals surface area contributed by atoms with E-state index in [9.17, 15) is 0 Å². The fraction of sp³-hybridized carbons (Fsp3) is 0.292. The first-order valence-electron chi connectivity index (χ1n) is 10.0. The number of nitrogens with zero attached hydrogens (tertiary/aromatic N) is 2. The smallest absolute Gasteiger partial charge is 0.135 e. The molecule has 29 heavy (non-hydrogen) atoms. The van der Waals surface area contributed by atoms with Crippen LogP contribution in [0.1, 0.15) is 30.0 Å². The van der Waals surface area contributed by atoms with Crippen molar-refractivity contribution in [1.29, 1.82) is 0 Å². The molecule has 4 nitrogen and oxygen atoms in total. The number of rotatable bonds is 7. The SMILES string of the molecule is COOSc1nc(C2CCN(Cc3ccccc3)CC2)ccc1-c1ccccc1. The molecule has 2 aromatic carbocycles. The average Bonchev–Trinajstić information content (AvgIpc) is 2.79. The number of hydrogen-bond acceptors (Lipinski definition) is 5. The summed E-state index contributed by atoms with van der Waals surface area (Å²) in [6, 6.07) is 25.3. The van der Waals surface area contributed by atoms with Gasteiger partial charge in [-0.1, -0.05) is 60.7 Å². The van der Waals surface area contributed by atoms with Crippen LogP contribution in [0.15, 0.2) is 77.8 Å². The lowest BCUT2D eigenvalue weighted by Crippen LogP contribution is -2.32. The van der Waals surface area contributed by atoms with Crippen LogP contribution in [-0.2, 0) is 15.8 Å². The van der Waals surface area contributed by atoms with Crippen LogP contribution in [0.3, 0.4) is 0 Å². The van der Waals surface area contributed by atoms with Crippen molar-refractivity contribution in [2.24, 2.45) is 0 Å². The van der Waals surface area contributed by atoms with E-state index in [1.165, 1.54) is 24.7 Å². The minimum Gasteiger partial charge on any atom is -0.299 e. The number of benzene rings is 2. The predicted octanol–water partition coefficient (Wildman–Crippen LogP) is 5.71. The van der Waals surface area contributed by atoms with Crippen molar-refractivity contribution < 1.29 is 9.22 Å². The van der Waals surface area contributed by atoms with Gasteiger partial charge in [-0.3, -0.25) is 4.90 Å². The van der Waals surface area contributed by atoms with Crippen LogP contribution < -0.4 is 0 Å². The fourth-order valence-electron chi connectivity index (χ4n) is 3.88. The molecule has 0 spiro atoms. The van der Waals surface area contributed by atoms with Gasteiger partial charge in [0.25, 0.3) is 0 Å². The molecule has 1 aliphatic heterocycles. The highest BCUT2D eigenvalue weighted by molar-refractivity contribution is 7.94. The Kier molecular flexibility index (Phi) is 6.96. The Morgan fingerprint density at radius 3 is 2.31 bits per heavy atom. The van der Waals surface area contributed by atoms with E-state index in [0.717, 1.165) is 54.3 Å². The highest BCUT2D eigenvalue weighted by atomic mass is 32.2. The van der Waals surface area contributed by atoms with E-state index in [1.807, 2.05) is 18.2 Å². The van der Waals surface area contributed by atoms with Crippen molar-refractivity contribution in [2.45, 2.75) is 30.3 Å². The van der Waals surface area contributed by atoms with Gasteiger partial charge in [-0.05, 0) is 49.2 Å². The van der Waals surface area contributed by atoms with Gasteiger partial charge < -0.3 is 0 Å². The number of hydrogen-bond donors (Lipinski definition) is 0. The summed E-state index contributed by atoms with van der Waals surface area (Å²) in [6.07, 6.45) is 2.25. The monoisotopic (exact) mass is 406 g/mol. The van der Waals surface area contributed by atoms with Crippen molar-refractivity contribution in [3.8, 4) is 11.1 Å². The van der Waals surface area contributed by atoms with Crippen LogP contribution in [0.4, 0.5) is 0 Å². The molecule has 0 radical (unpaired) electrons. The largest absolute Gasteiger partial charge is 0.299 e. The van der Waals surface area contributed by atoms with Gasteiger partial charge in [0.1, 0.15) is 5.03 Å². The Hall–Kier alpha value is -2.18. The lowest BCUT2D eigenvalue weighted by molar-refractivity contribution is -0.160. The summed E-state index contributed by atoms with van der Waals surface area (Å²) in [7, 11) is 1.52. The second-order valence-corrected chi connectivity index (χ2v) is 8.00. The maximum Gasteiger partial charge on any atom is 0.135 e. The third-order valence-electron chi connectivity index (χ3n) is 5.40. The topological polar surface area (TPSA) is 34.6 Å². The van der Waals surface area contributed by atoms with Gasteiger partial charge in [0, 0.05) is 23.7 Å². The second-order valence-electron chi connectivity index (χ2n) is 7.31. The minimum atomic E-state index is 0.480. The molecular formula is C24H26N2O2S. The van der Waals surface area contributed by atoms with Crippen LogP contribution in [0, 0.1) is 0 Å². The number of likely N-dealkylation sites (tertiary alicyclic amines) is 1. The third-order valence-corrected chi connectivity index (χ3v) is 6.08. The molecule has 0 atom stereocenters. The van der Waals surface area contributed by atoms with Gasteiger partial charge in [-0.25, -0.2) is 9.87 Å². The first-order chi connectivity index (χ1) is 14.3. The van der Waals surface area contributed by atoms with Gasteiger partial charge in [0.15, 0.2) is 0 Å². The number of aromatic nitrogens is 1. The molecule has 1 aliphatic rings. The zero-order valence-electron chi connectivity index (χ0n) is 16.7. The van der Waals surface area contributed by atoms with E-state index in [2.05, 4.69) is 59.5 Å². The molecule has 0 saturated carbocycles. The first kappa shape index (κ1) is 20.1. The summed E-state index contributed by atoms with van der Waals surface area (Å²) in [5.41, 5.74) is 4.72. The highest BCUT2D eigenvalue weighted by Crippen LogP contribution is 2.34. The molecule has 0 amide bonds. The van der Waals surface area contributed by atoms with Gasteiger partial charge in [-0.15, -0.1) is 0 Å². The lowest BCUT2D eigenvalue weighted by atomic mass is 9.92. The van der Waals surface area contributed by atoms with Crippen molar-refractivity contribution in [3.05, 3.63) is 84.1 Å². The van der Waals surface area contributed by atoms with Gasteiger partial charge in [0.05, 0.1) is 19.2 Å². The molecule has 5 heteroatoms. The fourth-order valence-corrected chi connectivity index (χ4v) is 4.43. The second kappa shape index (κ2) is 10.0. The molecule has 2 heterocycles. The standard InChI is InChI=1S/C24H26N2O2S/c1-27-28-29-24-22(20-10-6-3-7-11-20)12-13-23(25-24)21-14-16-26(17-15-21)18-19-8-4-2-5-9-19/h2-13,21H,14-18H2,1H3. The van der Waals surface area contributed by atoms with Gasteiger partial charge in [0.2, 0.25) is 0 Å². The molecule has 0 aliphatic carbocycles. The Labute approximate surface area is 177 Å². The van der Waals surface area contributed by atoms with Crippen LogP contribution in [-0.4, -0.2) is 30.1 Å². The Bertz CT molecular complexity index is 897. The van der Waals surface area contributed by atoms with Crippen molar-refractivity contribution in [2.75, 3.05) is 20.2 Å². The first-order valence-corrected chi connectivity index (χ1v) is 10.8. The zero-order valence-corrected chi connectivity index (χ0v) is 17.5. The lowest BCUT2D eigenvalue weighted by Gasteiger charge is -2.32. The van der Waals surface area contributed by atoms with E-state index in [1.54, 1.807) is 0 Å². The zero-order chi connectivity index (χ0) is 19.9. The normalized spacial score (nSPS) is 15.5. The maximum atomic E-state index is 5.15. The molecule has 0 N–H and O–H groups in total. The number of pyridine rings is 1. The maximum absolute atomic E-state index is 5.15. The number of piperidine rings is 1.